The van der Waals surface area contributed by atoms with Crippen LogP contribution in [0.15, 0.2) is 0 Å². The van der Waals surface area contributed by atoms with Crippen LogP contribution in [0.4, 0.5) is 0 Å². The number of rotatable bonds is 1. The zero-order chi connectivity index (χ0) is 12.5. The van der Waals surface area contributed by atoms with Crippen LogP contribution in [0.2, 0.25) is 0 Å². The zero-order valence-electron chi connectivity index (χ0n) is 11.6. The molecular formula is C13H25ClN2O2. The number of ether oxygens (including phenoxy) is 1. The first-order chi connectivity index (χ1) is 8.01. The number of carbonyl (C=O) groups excluding carboxylic acids is 1. The van der Waals surface area contributed by atoms with Crippen LogP contribution >= 0.6 is 12.4 Å². The van der Waals surface area contributed by atoms with E-state index >= 15 is 0 Å². The first kappa shape index (κ1) is 15.7. The minimum atomic E-state index is -0.352. The average molecular weight is 277 g/mol. The number of nitrogens with one attached hydrogen (secondary N) is 1. The molecule has 2 aliphatic rings. The van der Waals surface area contributed by atoms with Gasteiger partial charge in [0.05, 0.1) is 17.7 Å². The van der Waals surface area contributed by atoms with Gasteiger partial charge in [0.15, 0.2) is 0 Å². The molecule has 2 rings (SSSR count). The van der Waals surface area contributed by atoms with Gasteiger partial charge in [-0.1, -0.05) is 0 Å². The highest BCUT2D eigenvalue weighted by molar-refractivity contribution is 5.86. The highest BCUT2D eigenvalue weighted by Crippen LogP contribution is 2.23. The van der Waals surface area contributed by atoms with Gasteiger partial charge in [0.2, 0.25) is 5.91 Å². The molecule has 4 nitrogen and oxygen atoms in total. The number of morpholine rings is 1. The second-order valence-corrected chi connectivity index (χ2v) is 5.68. The van der Waals surface area contributed by atoms with Crippen LogP contribution in [0.1, 0.15) is 40.0 Å². The monoisotopic (exact) mass is 276 g/mol. The number of hydrogen-bond acceptors (Lipinski definition) is 3. The van der Waals surface area contributed by atoms with E-state index in [0.717, 1.165) is 32.5 Å². The maximum Gasteiger partial charge on any atom is 0.242 e. The van der Waals surface area contributed by atoms with Gasteiger partial charge < -0.3 is 15.0 Å². The number of carbonyl (C=O) groups is 1. The fraction of sp³-hybridized carbons (Fsp3) is 0.923. The Bertz CT molecular complexity index is 283. The van der Waals surface area contributed by atoms with Crippen LogP contribution in [0.25, 0.3) is 0 Å². The Morgan fingerprint density at radius 3 is 2.39 bits per heavy atom. The molecule has 0 saturated carbocycles. The molecule has 0 bridgehead atoms. The van der Waals surface area contributed by atoms with E-state index in [9.17, 15) is 4.79 Å². The molecule has 2 fully saturated rings. The number of halogens is 1. The molecule has 0 aromatic carbocycles. The lowest BCUT2D eigenvalue weighted by Gasteiger charge is -2.42. The van der Waals surface area contributed by atoms with Crippen LogP contribution in [-0.2, 0) is 9.53 Å². The number of nitrogens with zero attached hydrogens (tertiary/aromatic N) is 1. The molecule has 18 heavy (non-hydrogen) atoms. The smallest absolute Gasteiger partial charge is 0.242 e. The van der Waals surface area contributed by atoms with Gasteiger partial charge in [0.25, 0.3) is 0 Å². The molecule has 0 spiro atoms. The molecule has 0 aliphatic carbocycles. The Hall–Kier alpha value is -0.320. The van der Waals surface area contributed by atoms with Crippen LogP contribution < -0.4 is 5.32 Å². The third-order valence-electron chi connectivity index (χ3n) is 3.80. The van der Waals surface area contributed by atoms with Crippen LogP contribution in [0.3, 0.4) is 0 Å². The van der Waals surface area contributed by atoms with Crippen molar-refractivity contribution < 1.29 is 9.53 Å². The quantitative estimate of drug-likeness (QED) is 0.791. The molecule has 0 aromatic rings. The Kier molecular flexibility index (Phi) is 5.44. The maximum absolute atomic E-state index is 12.6. The van der Waals surface area contributed by atoms with Crippen LogP contribution in [0, 0.1) is 0 Å². The second kappa shape index (κ2) is 6.22. The van der Waals surface area contributed by atoms with Crippen molar-refractivity contribution in [1.82, 2.24) is 10.2 Å². The van der Waals surface area contributed by atoms with Gasteiger partial charge in [-0.15, -0.1) is 12.4 Å². The van der Waals surface area contributed by atoms with E-state index in [4.69, 9.17) is 4.74 Å². The fourth-order valence-electron chi connectivity index (χ4n) is 2.93. The first-order valence-corrected chi connectivity index (χ1v) is 6.71. The summed E-state index contributed by atoms with van der Waals surface area (Å²) in [4.78, 5) is 14.5. The molecule has 2 saturated heterocycles. The largest absolute Gasteiger partial charge is 0.372 e. The van der Waals surface area contributed by atoms with E-state index in [2.05, 4.69) is 5.32 Å². The van der Waals surface area contributed by atoms with Crippen molar-refractivity contribution in [2.75, 3.05) is 19.6 Å². The first-order valence-electron chi connectivity index (χ1n) is 6.71. The maximum atomic E-state index is 12.6. The normalized spacial score (nSPS) is 36.9. The summed E-state index contributed by atoms with van der Waals surface area (Å²) in [5.74, 6) is 0.249. The predicted molar refractivity (Wildman–Crippen MR) is 74.1 cm³/mol. The molecule has 2 aliphatic heterocycles. The summed E-state index contributed by atoms with van der Waals surface area (Å²) in [5, 5.41) is 3.39. The molecule has 1 N–H and O–H groups in total. The Balaban J connectivity index is 0.00000162. The molecule has 0 aromatic heterocycles. The summed E-state index contributed by atoms with van der Waals surface area (Å²) in [6, 6.07) is 0. The van der Waals surface area contributed by atoms with Crippen molar-refractivity contribution in [3.05, 3.63) is 0 Å². The topological polar surface area (TPSA) is 41.6 Å². The van der Waals surface area contributed by atoms with Crippen molar-refractivity contribution in [3.8, 4) is 0 Å². The lowest BCUT2D eigenvalue weighted by Crippen LogP contribution is -2.61. The average Bonchev–Trinajstić information content (AvgIpc) is 2.27. The summed E-state index contributed by atoms with van der Waals surface area (Å²) in [6.45, 7) is 8.51. The van der Waals surface area contributed by atoms with Gasteiger partial charge in [-0.05, 0) is 46.6 Å². The standard InChI is InChI=1S/C13H24N2O2.ClH/c1-10-8-15(9-11(2)17-10)12(16)13(3)6-4-5-7-14-13;/h10-11,14H,4-9H2,1-3H3;1H/t10-,11+,13?;. The molecule has 5 heteroatoms. The van der Waals surface area contributed by atoms with Crippen LogP contribution in [-0.4, -0.2) is 48.2 Å². The van der Waals surface area contributed by atoms with Crippen molar-refractivity contribution in [1.29, 1.82) is 0 Å². The highest BCUT2D eigenvalue weighted by atomic mass is 35.5. The minimum absolute atomic E-state index is 0. The SMILES string of the molecule is C[C@@H]1CN(C(=O)C2(C)CCCCN2)C[C@H](C)O1.Cl. The third-order valence-corrected chi connectivity index (χ3v) is 3.80. The summed E-state index contributed by atoms with van der Waals surface area (Å²) >= 11 is 0. The highest BCUT2D eigenvalue weighted by Gasteiger charge is 2.39. The van der Waals surface area contributed by atoms with Crippen molar-refractivity contribution in [2.45, 2.75) is 57.8 Å². The molecule has 0 radical (unpaired) electrons. The Labute approximate surface area is 116 Å². The summed E-state index contributed by atoms with van der Waals surface area (Å²) in [7, 11) is 0. The van der Waals surface area contributed by atoms with E-state index in [0.29, 0.717) is 0 Å². The van der Waals surface area contributed by atoms with Gasteiger partial charge in [-0.3, -0.25) is 4.79 Å². The van der Waals surface area contributed by atoms with Crippen molar-refractivity contribution in [3.63, 3.8) is 0 Å². The van der Waals surface area contributed by atoms with Crippen molar-refractivity contribution >= 4 is 18.3 Å². The van der Waals surface area contributed by atoms with Gasteiger partial charge >= 0.3 is 0 Å². The molecule has 1 unspecified atom stereocenters. The predicted octanol–water partition coefficient (Wildman–Crippen LogP) is 1.58. The third kappa shape index (κ3) is 3.37. The summed E-state index contributed by atoms with van der Waals surface area (Å²) in [5.41, 5.74) is -0.352. The zero-order valence-corrected chi connectivity index (χ0v) is 12.4. The molecule has 3 atom stereocenters. The lowest BCUT2D eigenvalue weighted by atomic mass is 9.89. The molecule has 1 amide bonds. The van der Waals surface area contributed by atoms with Gasteiger partial charge in [0.1, 0.15) is 0 Å². The van der Waals surface area contributed by atoms with E-state index in [1.165, 1.54) is 6.42 Å². The van der Waals surface area contributed by atoms with E-state index in [1.807, 2.05) is 25.7 Å². The molecule has 106 valence electrons. The second-order valence-electron chi connectivity index (χ2n) is 5.68. The van der Waals surface area contributed by atoms with Crippen molar-refractivity contribution in [2.24, 2.45) is 0 Å². The molecule has 2 heterocycles. The molecular weight excluding hydrogens is 252 g/mol. The number of hydrogen-bond donors (Lipinski definition) is 1. The van der Waals surface area contributed by atoms with Crippen LogP contribution in [0.5, 0.6) is 0 Å². The number of amides is 1. The summed E-state index contributed by atoms with van der Waals surface area (Å²) < 4.78 is 5.67. The van der Waals surface area contributed by atoms with Gasteiger partial charge in [-0.2, -0.15) is 0 Å². The van der Waals surface area contributed by atoms with E-state index < -0.39 is 0 Å². The Morgan fingerprint density at radius 2 is 1.89 bits per heavy atom. The Morgan fingerprint density at radius 1 is 1.28 bits per heavy atom. The lowest BCUT2D eigenvalue weighted by molar-refractivity contribution is -0.150. The summed E-state index contributed by atoms with van der Waals surface area (Å²) in [6.07, 6.45) is 3.57. The number of piperidine rings is 1. The van der Waals surface area contributed by atoms with E-state index in [1.54, 1.807) is 0 Å². The minimum Gasteiger partial charge on any atom is -0.372 e. The van der Waals surface area contributed by atoms with Gasteiger partial charge in [-0.25, -0.2) is 0 Å². The fourth-order valence-corrected chi connectivity index (χ4v) is 2.93. The van der Waals surface area contributed by atoms with E-state index in [-0.39, 0.29) is 36.1 Å². The van der Waals surface area contributed by atoms with Gasteiger partial charge in [0, 0.05) is 13.1 Å².